The molecular weight excluding hydrogens is 361 g/mol. The number of halogens is 1. The molecule has 6 nitrogen and oxygen atoms in total. The minimum absolute atomic E-state index is 0.00525. The van der Waals surface area contributed by atoms with E-state index in [9.17, 15) is 19.3 Å². The molecule has 1 heterocycles. The summed E-state index contributed by atoms with van der Waals surface area (Å²) >= 11 is 0. The molecule has 1 aliphatic heterocycles. The number of benzene rings is 2. The summed E-state index contributed by atoms with van der Waals surface area (Å²) in [6.07, 6.45) is 2.69. The Morgan fingerprint density at radius 2 is 1.96 bits per heavy atom. The summed E-state index contributed by atoms with van der Waals surface area (Å²) in [7, 11) is 0. The Morgan fingerprint density at radius 1 is 1.25 bits per heavy atom. The van der Waals surface area contributed by atoms with Crippen molar-refractivity contribution >= 4 is 17.3 Å². The van der Waals surface area contributed by atoms with E-state index in [4.69, 9.17) is 0 Å². The molecular formula is C21H24FN3O3. The van der Waals surface area contributed by atoms with Crippen LogP contribution in [0.1, 0.15) is 31.7 Å². The summed E-state index contributed by atoms with van der Waals surface area (Å²) in [5, 5.41) is 14.5. The number of nitrogens with one attached hydrogen (secondary N) is 1. The number of nitrogens with zero attached hydrogens (tertiary/aromatic N) is 2. The lowest BCUT2D eigenvalue weighted by Crippen LogP contribution is -2.53. The number of nitro benzene ring substituents is 1. The van der Waals surface area contributed by atoms with Crippen molar-refractivity contribution in [2.75, 3.05) is 11.4 Å². The molecule has 0 aromatic heterocycles. The molecule has 1 aliphatic rings. The van der Waals surface area contributed by atoms with Crippen molar-refractivity contribution in [2.45, 2.75) is 44.7 Å². The van der Waals surface area contributed by atoms with Gasteiger partial charge in [0.05, 0.1) is 16.7 Å². The van der Waals surface area contributed by atoms with Gasteiger partial charge in [0.25, 0.3) is 5.69 Å². The lowest BCUT2D eigenvalue weighted by atomic mass is 10.00. The van der Waals surface area contributed by atoms with Gasteiger partial charge in [-0.1, -0.05) is 30.3 Å². The molecule has 0 radical (unpaired) electrons. The number of anilines is 1. The molecule has 2 aromatic carbocycles. The average Bonchev–Trinajstić information content (AvgIpc) is 2.69. The lowest BCUT2D eigenvalue weighted by Gasteiger charge is -2.34. The van der Waals surface area contributed by atoms with E-state index in [1.807, 2.05) is 6.92 Å². The summed E-state index contributed by atoms with van der Waals surface area (Å²) < 4.78 is 14.1. The molecule has 1 saturated heterocycles. The standard InChI is InChI=1S/C21H24FN3O3/c1-15(12-13-16-7-2-4-10-19(16)25(27)28)23-18-9-6-14-24(21(18)26)20-11-5-3-8-17(20)22/h2-5,7-8,10-11,15,18,23H,6,9,12-14H2,1H3. The molecule has 1 fully saturated rings. The molecule has 2 unspecified atom stereocenters. The van der Waals surface area contributed by atoms with E-state index >= 15 is 0 Å². The SMILES string of the molecule is CC(CCc1ccccc1[N+](=O)[O-])NC1CCCN(c2ccccc2F)C1=O. The van der Waals surface area contributed by atoms with Gasteiger partial charge in [-0.2, -0.15) is 0 Å². The van der Waals surface area contributed by atoms with Crippen LogP contribution in [0, 0.1) is 15.9 Å². The summed E-state index contributed by atoms with van der Waals surface area (Å²) in [6.45, 7) is 2.46. The van der Waals surface area contributed by atoms with Gasteiger partial charge in [0.1, 0.15) is 5.82 Å². The van der Waals surface area contributed by atoms with Crippen molar-refractivity contribution in [2.24, 2.45) is 0 Å². The number of rotatable bonds is 7. The Morgan fingerprint density at radius 3 is 2.71 bits per heavy atom. The molecule has 148 valence electrons. The summed E-state index contributed by atoms with van der Waals surface area (Å²) in [5.41, 5.74) is 1.12. The van der Waals surface area contributed by atoms with Gasteiger partial charge >= 0.3 is 0 Å². The summed E-state index contributed by atoms with van der Waals surface area (Å²) in [5.74, 6) is -0.533. The highest BCUT2D eigenvalue weighted by atomic mass is 19.1. The molecule has 1 amide bonds. The van der Waals surface area contributed by atoms with E-state index < -0.39 is 5.82 Å². The van der Waals surface area contributed by atoms with Crippen molar-refractivity contribution in [3.8, 4) is 0 Å². The minimum atomic E-state index is -0.402. The van der Waals surface area contributed by atoms with Gasteiger partial charge in [0.2, 0.25) is 5.91 Å². The highest BCUT2D eigenvalue weighted by Crippen LogP contribution is 2.25. The van der Waals surface area contributed by atoms with Crippen LogP contribution in [0.5, 0.6) is 0 Å². The van der Waals surface area contributed by atoms with E-state index in [1.54, 1.807) is 36.4 Å². The maximum atomic E-state index is 14.1. The predicted molar refractivity (Wildman–Crippen MR) is 106 cm³/mol. The predicted octanol–water partition coefficient (Wildman–Crippen LogP) is 3.84. The molecule has 2 aromatic rings. The van der Waals surface area contributed by atoms with Crippen LogP contribution in [0.3, 0.4) is 0 Å². The van der Waals surface area contributed by atoms with Crippen molar-refractivity contribution < 1.29 is 14.1 Å². The molecule has 7 heteroatoms. The maximum absolute atomic E-state index is 14.1. The fourth-order valence-electron chi connectivity index (χ4n) is 3.64. The lowest BCUT2D eigenvalue weighted by molar-refractivity contribution is -0.385. The third-order valence-electron chi connectivity index (χ3n) is 5.10. The number of hydrogen-bond donors (Lipinski definition) is 1. The van der Waals surface area contributed by atoms with Crippen LogP contribution in [0.4, 0.5) is 15.8 Å². The molecule has 1 N–H and O–H groups in total. The first-order chi connectivity index (χ1) is 13.5. The zero-order valence-corrected chi connectivity index (χ0v) is 15.8. The van der Waals surface area contributed by atoms with Crippen LogP contribution >= 0.6 is 0 Å². The first-order valence-corrected chi connectivity index (χ1v) is 9.51. The Bertz CT molecular complexity index is 858. The monoisotopic (exact) mass is 385 g/mol. The number of hydrogen-bond acceptors (Lipinski definition) is 4. The Balaban J connectivity index is 1.61. The summed E-state index contributed by atoms with van der Waals surface area (Å²) in [6, 6.07) is 12.6. The topological polar surface area (TPSA) is 75.5 Å². The first kappa shape index (κ1) is 19.9. The molecule has 28 heavy (non-hydrogen) atoms. The number of carbonyl (C=O) groups excluding carboxylic acids is 1. The van der Waals surface area contributed by atoms with Crippen LogP contribution in [0.25, 0.3) is 0 Å². The molecule has 0 bridgehead atoms. The average molecular weight is 385 g/mol. The van der Waals surface area contributed by atoms with E-state index in [1.165, 1.54) is 17.0 Å². The first-order valence-electron chi connectivity index (χ1n) is 9.51. The van der Waals surface area contributed by atoms with Crippen LogP contribution in [0.2, 0.25) is 0 Å². The third-order valence-corrected chi connectivity index (χ3v) is 5.10. The van der Waals surface area contributed by atoms with Gasteiger partial charge < -0.3 is 10.2 Å². The zero-order chi connectivity index (χ0) is 20.1. The Hall–Kier alpha value is -2.80. The Kier molecular flexibility index (Phi) is 6.36. The van der Waals surface area contributed by atoms with Crippen LogP contribution in [-0.4, -0.2) is 29.5 Å². The molecule has 0 spiro atoms. The number of para-hydroxylation sites is 2. The van der Waals surface area contributed by atoms with Crippen LogP contribution in [-0.2, 0) is 11.2 Å². The number of nitro groups is 1. The Labute approximate surface area is 163 Å². The van der Waals surface area contributed by atoms with Gasteiger partial charge in [-0.15, -0.1) is 0 Å². The quantitative estimate of drug-likeness (QED) is 0.580. The molecule has 2 atom stereocenters. The van der Waals surface area contributed by atoms with Gasteiger partial charge in [-0.25, -0.2) is 4.39 Å². The van der Waals surface area contributed by atoms with Crippen molar-refractivity contribution in [1.29, 1.82) is 0 Å². The molecule has 0 aliphatic carbocycles. The molecule has 0 saturated carbocycles. The van der Waals surface area contributed by atoms with Crippen molar-refractivity contribution in [1.82, 2.24) is 5.32 Å². The zero-order valence-electron chi connectivity index (χ0n) is 15.8. The van der Waals surface area contributed by atoms with Crippen molar-refractivity contribution in [3.63, 3.8) is 0 Å². The van der Waals surface area contributed by atoms with Gasteiger partial charge in [-0.05, 0) is 44.7 Å². The number of aryl methyl sites for hydroxylation is 1. The van der Waals surface area contributed by atoms with Gasteiger partial charge in [0.15, 0.2) is 0 Å². The maximum Gasteiger partial charge on any atom is 0.272 e. The second-order valence-electron chi connectivity index (χ2n) is 7.13. The summed E-state index contributed by atoms with van der Waals surface area (Å²) in [4.78, 5) is 25.1. The fraction of sp³-hybridized carbons (Fsp3) is 0.381. The third kappa shape index (κ3) is 4.54. The van der Waals surface area contributed by atoms with E-state index in [2.05, 4.69) is 5.32 Å². The highest BCUT2D eigenvalue weighted by Gasteiger charge is 2.31. The molecule has 3 rings (SSSR count). The smallest absolute Gasteiger partial charge is 0.272 e. The highest BCUT2D eigenvalue weighted by molar-refractivity contribution is 5.98. The number of carbonyl (C=O) groups is 1. The van der Waals surface area contributed by atoms with Crippen molar-refractivity contribution in [3.05, 3.63) is 70.0 Å². The largest absolute Gasteiger partial charge is 0.308 e. The van der Waals surface area contributed by atoms with E-state index in [0.717, 1.165) is 6.42 Å². The van der Waals surface area contributed by atoms with E-state index in [0.29, 0.717) is 37.1 Å². The van der Waals surface area contributed by atoms with Gasteiger partial charge in [-0.3, -0.25) is 14.9 Å². The second kappa shape index (κ2) is 8.93. The minimum Gasteiger partial charge on any atom is -0.308 e. The van der Waals surface area contributed by atoms with Gasteiger partial charge in [0, 0.05) is 24.2 Å². The van der Waals surface area contributed by atoms with Crippen LogP contribution < -0.4 is 10.2 Å². The normalized spacial score (nSPS) is 18.1. The van der Waals surface area contributed by atoms with Crippen LogP contribution in [0.15, 0.2) is 48.5 Å². The second-order valence-corrected chi connectivity index (χ2v) is 7.13. The fourth-order valence-corrected chi connectivity index (χ4v) is 3.64. The number of piperidine rings is 1. The van der Waals surface area contributed by atoms with E-state index in [-0.39, 0.29) is 28.6 Å². The number of amides is 1.